The maximum atomic E-state index is 12.3. The number of rotatable bonds is 3. The molecule has 4 heteroatoms. The highest BCUT2D eigenvalue weighted by atomic mass is 16.5. The summed E-state index contributed by atoms with van der Waals surface area (Å²) in [5, 5.41) is 11.6. The van der Waals surface area contributed by atoms with Gasteiger partial charge in [0, 0.05) is 31.1 Å². The Bertz CT molecular complexity index is 793. The van der Waals surface area contributed by atoms with E-state index in [9.17, 15) is 14.7 Å². The summed E-state index contributed by atoms with van der Waals surface area (Å²) in [6.07, 6.45) is 8.68. The third kappa shape index (κ3) is 3.56. The SMILES string of the molecule is CCC(=O)OCCC#CC1(O)CC[C@H]2[C@@H]3CCC4CC(=O)CC(C)[C@]4(C)[C@@H]3CC[C@@]21C. The number of hydrogen-bond acceptors (Lipinski definition) is 4. The molecule has 4 aliphatic carbocycles. The van der Waals surface area contributed by atoms with Crippen LogP contribution in [0.1, 0.15) is 91.9 Å². The van der Waals surface area contributed by atoms with Crippen LogP contribution in [0.4, 0.5) is 0 Å². The maximum Gasteiger partial charge on any atom is 0.305 e. The van der Waals surface area contributed by atoms with E-state index in [1.54, 1.807) is 6.92 Å². The highest BCUT2D eigenvalue weighted by Crippen LogP contribution is 2.68. The molecule has 4 nitrogen and oxygen atoms in total. The van der Waals surface area contributed by atoms with Crippen LogP contribution in [0.2, 0.25) is 0 Å². The van der Waals surface area contributed by atoms with E-state index in [4.69, 9.17) is 4.74 Å². The van der Waals surface area contributed by atoms with Crippen molar-refractivity contribution in [3.8, 4) is 11.8 Å². The number of aliphatic hydroxyl groups is 1. The lowest BCUT2D eigenvalue weighted by molar-refractivity contribution is -0.160. The molecule has 4 rings (SSSR count). The van der Waals surface area contributed by atoms with Crippen molar-refractivity contribution in [1.29, 1.82) is 0 Å². The van der Waals surface area contributed by atoms with Gasteiger partial charge in [-0.15, -0.1) is 0 Å². The molecule has 0 heterocycles. The van der Waals surface area contributed by atoms with E-state index >= 15 is 0 Å². The average molecular weight is 429 g/mol. The van der Waals surface area contributed by atoms with Gasteiger partial charge in [0.2, 0.25) is 0 Å². The molecule has 0 aromatic carbocycles. The Balaban J connectivity index is 1.50. The van der Waals surface area contributed by atoms with Gasteiger partial charge < -0.3 is 9.84 Å². The highest BCUT2D eigenvalue weighted by molar-refractivity contribution is 5.80. The van der Waals surface area contributed by atoms with Crippen molar-refractivity contribution >= 4 is 11.8 Å². The summed E-state index contributed by atoms with van der Waals surface area (Å²) in [6.45, 7) is 9.15. The molecule has 4 saturated carbocycles. The smallest absolute Gasteiger partial charge is 0.305 e. The summed E-state index contributed by atoms with van der Waals surface area (Å²) >= 11 is 0. The summed E-state index contributed by atoms with van der Waals surface area (Å²) in [5.41, 5.74) is -0.852. The van der Waals surface area contributed by atoms with Crippen LogP contribution in [0, 0.1) is 52.3 Å². The van der Waals surface area contributed by atoms with E-state index in [1.165, 1.54) is 6.42 Å². The molecule has 31 heavy (non-hydrogen) atoms. The molecule has 0 saturated heterocycles. The fourth-order valence-corrected chi connectivity index (χ4v) is 8.23. The van der Waals surface area contributed by atoms with E-state index in [0.717, 1.165) is 44.9 Å². The molecule has 0 radical (unpaired) electrons. The molecule has 0 aromatic rings. The van der Waals surface area contributed by atoms with Gasteiger partial charge in [0.05, 0.1) is 0 Å². The first kappa shape index (κ1) is 22.8. The molecule has 4 aliphatic rings. The van der Waals surface area contributed by atoms with Crippen molar-refractivity contribution in [2.45, 2.75) is 97.5 Å². The monoisotopic (exact) mass is 428 g/mol. The van der Waals surface area contributed by atoms with Crippen LogP contribution in [0.25, 0.3) is 0 Å². The van der Waals surface area contributed by atoms with Gasteiger partial charge in [0.15, 0.2) is 0 Å². The van der Waals surface area contributed by atoms with Crippen molar-refractivity contribution in [1.82, 2.24) is 0 Å². The topological polar surface area (TPSA) is 63.6 Å². The summed E-state index contributed by atoms with van der Waals surface area (Å²) in [7, 11) is 0. The van der Waals surface area contributed by atoms with Gasteiger partial charge in [-0.1, -0.05) is 39.5 Å². The lowest BCUT2D eigenvalue weighted by atomic mass is 9.42. The van der Waals surface area contributed by atoms with Crippen molar-refractivity contribution in [2.75, 3.05) is 6.61 Å². The fourth-order valence-electron chi connectivity index (χ4n) is 8.23. The van der Waals surface area contributed by atoms with Gasteiger partial charge >= 0.3 is 5.97 Å². The normalized spacial score (nSPS) is 46.2. The molecule has 0 amide bonds. The molecule has 0 spiro atoms. The molecule has 4 fully saturated rings. The van der Waals surface area contributed by atoms with E-state index in [2.05, 4.69) is 32.6 Å². The largest absolute Gasteiger partial charge is 0.465 e. The average Bonchev–Trinajstić information content (AvgIpc) is 3.00. The van der Waals surface area contributed by atoms with Crippen molar-refractivity contribution < 1.29 is 19.4 Å². The zero-order valence-electron chi connectivity index (χ0n) is 19.8. The minimum atomic E-state index is -0.941. The standard InChI is InChI=1S/C27H40O4/c1-5-24(29)31-15-7-6-12-27(30)14-11-22-21-9-8-19-17-20(28)16-18(2)26(19,4)23(21)10-13-25(22,27)3/h18-19,21-23,30H,5,7-11,13-17H2,1-4H3/t18?,19?,21-,22-,23+,25-,26-,27?/m0/s1. The Morgan fingerprint density at radius 2 is 1.87 bits per heavy atom. The third-order valence-corrected chi connectivity index (χ3v) is 10.3. The van der Waals surface area contributed by atoms with Crippen molar-refractivity contribution in [3.63, 3.8) is 0 Å². The number of ether oxygens (including phenoxy) is 1. The van der Waals surface area contributed by atoms with Gasteiger partial charge in [0.1, 0.15) is 18.0 Å². The fraction of sp³-hybridized carbons (Fsp3) is 0.852. The molecule has 0 bridgehead atoms. The zero-order chi connectivity index (χ0) is 22.4. The first-order valence-corrected chi connectivity index (χ1v) is 12.6. The predicted molar refractivity (Wildman–Crippen MR) is 120 cm³/mol. The number of Topliss-reactive ketones (excluding diaryl/α,β-unsaturated/α-hetero) is 1. The molecule has 8 atom stereocenters. The van der Waals surface area contributed by atoms with E-state index < -0.39 is 5.60 Å². The Hall–Kier alpha value is -1.34. The molecular weight excluding hydrogens is 388 g/mol. The van der Waals surface area contributed by atoms with E-state index in [0.29, 0.717) is 54.8 Å². The second-order valence-electron chi connectivity index (χ2n) is 11.3. The minimum absolute atomic E-state index is 0.168. The molecule has 172 valence electrons. The summed E-state index contributed by atoms with van der Waals surface area (Å²) in [4.78, 5) is 23.6. The first-order chi connectivity index (χ1) is 14.7. The van der Waals surface area contributed by atoms with Gasteiger partial charge in [-0.2, -0.15) is 0 Å². The lowest BCUT2D eigenvalue weighted by Gasteiger charge is -2.62. The summed E-state index contributed by atoms with van der Waals surface area (Å²) in [6, 6.07) is 0. The van der Waals surface area contributed by atoms with Gasteiger partial charge in [-0.05, 0) is 73.5 Å². The van der Waals surface area contributed by atoms with E-state index in [1.807, 2.05) is 0 Å². The first-order valence-electron chi connectivity index (χ1n) is 12.6. The van der Waals surface area contributed by atoms with Gasteiger partial charge in [0.25, 0.3) is 0 Å². The Kier molecular flexibility index (Phi) is 6.05. The number of ketones is 1. The Morgan fingerprint density at radius 3 is 2.61 bits per heavy atom. The predicted octanol–water partition coefficient (Wildman–Crippen LogP) is 4.92. The molecule has 1 N–H and O–H groups in total. The molecular formula is C27H40O4. The highest BCUT2D eigenvalue weighted by Gasteiger charge is 2.65. The maximum absolute atomic E-state index is 12.3. The third-order valence-electron chi connectivity index (χ3n) is 10.3. The van der Waals surface area contributed by atoms with E-state index in [-0.39, 0.29) is 16.8 Å². The summed E-state index contributed by atoms with van der Waals surface area (Å²) in [5.74, 6) is 9.43. The van der Waals surface area contributed by atoms with Gasteiger partial charge in [-0.25, -0.2) is 0 Å². The Labute approximate surface area is 187 Å². The Morgan fingerprint density at radius 1 is 1.13 bits per heavy atom. The number of carbonyl (C=O) groups is 2. The lowest BCUT2D eigenvalue weighted by Crippen LogP contribution is -2.58. The van der Waals surface area contributed by atoms with Crippen molar-refractivity contribution in [3.05, 3.63) is 0 Å². The van der Waals surface area contributed by atoms with Gasteiger partial charge in [-0.3, -0.25) is 9.59 Å². The van der Waals surface area contributed by atoms with Crippen molar-refractivity contribution in [2.24, 2.45) is 40.4 Å². The van der Waals surface area contributed by atoms with Crippen LogP contribution in [-0.4, -0.2) is 29.1 Å². The number of carbonyl (C=O) groups excluding carboxylic acids is 2. The zero-order valence-corrected chi connectivity index (χ0v) is 19.8. The van der Waals surface area contributed by atoms with Crippen LogP contribution in [0.15, 0.2) is 0 Å². The second-order valence-corrected chi connectivity index (χ2v) is 11.3. The van der Waals surface area contributed by atoms with Crippen LogP contribution in [-0.2, 0) is 14.3 Å². The van der Waals surface area contributed by atoms with Crippen LogP contribution in [0.5, 0.6) is 0 Å². The number of fused-ring (bicyclic) bond motifs is 5. The quantitative estimate of drug-likeness (QED) is 0.394. The second kappa shape index (κ2) is 8.22. The molecule has 3 unspecified atom stereocenters. The minimum Gasteiger partial charge on any atom is -0.465 e. The van der Waals surface area contributed by atoms with Crippen LogP contribution < -0.4 is 0 Å². The number of hydrogen-bond donors (Lipinski definition) is 1. The van der Waals surface area contributed by atoms with Crippen LogP contribution in [0.3, 0.4) is 0 Å². The molecule has 0 aliphatic heterocycles. The number of esters is 1. The summed E-state index contributed by atoms with van der Waals surface area (Å²) < 4.78 is 5.12. The molecule has 0 aromatic heterocycles. The van der Waals surface area contributed by atoms with Crippen LogP contribution >= 0.6 is 0 Å².